The molecule has 0 unspecified atom stereocenters. The Balaban J connectivity index is 1.56. The van der Waals surface area contributed by atoms with E-state index in [0.717, 1.165) is 46.9 Å². The summed E-state index contributed by atoms with van der Waals surface area (Å²) in [5.41, 5.74) is 4.26. The molecule has 3 aromatic rings. The van der Waals surface area contributed by atoms with E-state index < -0.39 is 12.1 Å². The fraction of sp³-hybridized carbons (Fsp3) is 0.433. The van der Waals surface area contributed by atoms with Gasteiger partial charge in [-0.25, -0.2) is 0 Å². The summed E-state index contributed by atoms with van der Waals surface area (Å²) < 4.78 is 6.02. The van der Waals surface area contributed by atoms with Crippen molar-refractivity contribution >= 4 is 16.8 Å². The SMILES string of the molecule is C[C@H]([C@@H](C)O)N(C)CC#Cc1cc2c(c(C(=O)N[C@@H](CO)Cc3c[nH]c4ccccc34)c1)OCCCC2. The first kappa shape index (κ1) is 26.7. The van der Waals surface area contributed by atoms with Gasteiger partial charge in [0.25, 0.3) is 5.91 Å². The first-order valence-electron chi connectivity index (χ1n) is 13.0. The van der Waals surface area contributed by atoms with E-state index in [1.165, 1.54) is 0 Å². The Kier molecular flexibility index (Phi) is 8.88. The number of fused-ring (bicyclic) bond motifs is 2. The van der Waals surface area contributed by atoms with Gasteiger partial charge in [0.15, 0.2) is 0 Å². The number of nitrogens with one attached hydrogen (secondary N) is 2. The molecule has 0 bridgehead atoms. The van der Waals surface area contributed by atoms with Crippen LogP contribution in [0.3, 0.4) is 0 Å². The molecule has 4 N–H and O–H groups in total. The third-order valence-corrected chi connectivity index (χ3v) is 7.15. The number of hydrogen-bond acceptors (Lipinski definition) is 5. The number of aryl methyl sites for hydroxylation is 1. The van der Waals surface area contributed by atoms with Crippen molar-refractivity contribution in [2.45, 2.75) is 57.7 Å². The van der Waals surface area contributed by atoms with Gasteiger partial charge >= 0.3 is 0 Å². The number of para-hydroxylation sites is 1. The van der Waals surface area contributed by atoms with Gasteiger partial charge in [-0.1, -0.05) is 30.0 Å². The first-order chi connectivity index (χ1) is 17.9. The van der Waals surface area contributed by atoms with Crippen molar-refractivity contribution in [3.63, 3.8) is 0 Å². The lowest BCUT2D eigenvalue weighted by Gasteiger charge is -2.24. The number of aliphatic hydroxyl groups excluding tert-OH is 2. The van der Waals surface area contributed by atoms with E-state index in [9.17, 15) is 15.0 Å². The third kappa shape index (κ3) is 6.53. The Labute approximate surface area is 218 Å². The predicted molar refractivity (Wildman–Crippen MR) is 146 cm³/mol. The van der Waals surface area contributed by atoms with Crippen LogP contribution in [-0.4, -0.2) is 71.0 Å². The molecule has 1 aliphatic heterocycles. The number of carbonyl (C=O) groups is 1. The van der Waals surface area contributed by atoms with Gasteiger partial charge in [-0.3, -0.25) is 9.69 Å². The highest BCUT2D eigenvalue weighted by atomic mass is 16.5. The summed E-state index contributed by atoms with van der Waals surface area (Å²) >= 11 is 0. The maximum absolute atomic E-state index is 13.5. The fourth-order valence-electron chi connectivity index (χ4n) is 4.65. The fourth-order valence-corrected chi connectivity index (χ4v) is 4.65. The molecule has 196 valence electrons. The minimum absolute atomic E-state index is 0.0105. The maximum atomic E-state index is 13.5. The van der Waals surface area contributed by atoms with Crippen molar-refractivity contribution in [2.24, 2.45) is 0 Å². The standard InChI is InChI=1S/C30H37N3O4/c1-20(21(2)35)33(3)13-8-9-22-15-23-10-6-7-14-37-29(23)27(16-22)30(36)32-25(19-34)17-24-18-31-28-12-5-4-11-26(24)28/h4-5,11-12,15-16,18,20-21,25,31,34-35H,6-7,10,13-14,17,19H2,1-3H3,(H,32,36)/t20-,21-,25-/m1/s1. The molecular weight excluding hydrogens is 466 g/mol. The molecule has 0 aliphatic carbocycles. The predicted octanol–water partition coefficient (Wildman–Crippen LogP) is 3.27. The number of benzene rings is 2. The highest BCUT2D eigenvalue weighted by Gasteiger charge is 2.23. The normalized spacial score (nSPS) is 15.6. The molecule has 3 atom stereocenters. The van der Waals surface area contributed by atoms with Crippen LogP contribution in [0.25, 0.3) is 10.9 Å². The minimum Gasteiger partial charge on any atom is -0.492 e. The summed E-state index contributed by atoms with van der Waals surface area (Å²) in [4.78, 5) is 18.7. The average Bonchev–Trinajstić information content (AvgIpc) is 3.14. The van der Waals surface area contributed by atoms with Crippen molar-refractivity contribution in [1.82, 2.24) is 15.2 Å². The molecule has 0 spiro atoms. The van der Waals surface area contributed by atoms with Gasteiger partial charge < -0.3 is 25.3 Å². The summed E-state index contributed by atoms with van der Waals surface area (Å²) in [6.07, 6.45) is 4.72. The number of hydrogen-bond donors (Lipinski definition) is 4. The largest absolute Gasteiger partial charge is 0.492 e. The minimum atomic E-state index is -0.449. The number of ether oxygens (including phenoxy) is 1. The summed E-state index contributed by atoms with van der Waals surface area (Å²) in [5.74, 6) is 6.71. The highest BCUT2D eigenvalue weighted by Crippen LogP contribution is 2.30. The van der Waals surface area contributed by atoms with Gasteiger partial charge in [0.2, 0.25) is 0 Å². The van der Waals surface area contributed by atoms with Crippen LogP contribution in [0, 0.1) is 11.8 Å². The van der Waals surface area contributed by atoms with Crippen molar-refractivity contribution in [3.05, 3.63) is 64.8 Å². The molecule has 1 aliphatic rings. The van der Waals surface area contributed by atoms with E-state index in [1.807, 2.05) is 55.4 Å². The number of amides is 1. The zero-order chi connectivity index (χ0) is 26.4. The Morgan fingerprint density at radius 2 is 2.05 bits per heavy atom. The quantitative estimate of drug-likeness (QED) is 0.354. The van der Waals surface area contributed by atoms with E-state index in [4.69, 9.17) is 4.74 Å². The molecule has 0 radical (unpaired) electrons. The second-order valence-electron chi connectivity index (χ2n) is 9.93. The zero-order valence-corrected chi connectivity index (χ0v) is 21.9. The van der Waals surface area contributed by atoms with Crippen LogP contribution < -0.4 is 10.1 Å². The first-order valence-corrected chi connectivity index (χ1v) is 13.0. The number of aromatic amines is 1. The average molecular weight is 504 g/mol. The molecular formula is C30H37N3O4. The highest BCUT2D eigenvalue weighted by molar-refractivity contribution is 5.98. The number of aromatic nitrogens is 1. The summed E-state index contributed by atoms with van der Waals surface area (Å²) in [7, 11) is 1.93. The number of H-pyrrole nitrogens is 1. The van der Waals surface area contributed by atoms with E-state index in [2.05, 4.69) is 22.1 Å². The molecule has 1 amide bonds. The lowest BCUT2D eigenvalue weighted by Crippen LogP contribution is -2.39. The van der Waals surface area contributed by atoms with E-state index >= 15 is 0 Å². The molecule has 7 nitrogen and oxygen atoms in total. The molecule has 7 heteroatoms. The van der Waals surface area contributed by atoms with Crippen molar-refractivity contribution in [2.75, 3.05) is 26.8 Å². The Morgan fingerprint density at radius 1 is 1.24 bits per heavy atom. The molecule has 0 fully saturated rings. The van der Waals surface area contributed by atoms with Gasteiger partial charge in [-0.05, 0) is 75.9 Å². The number of rotatable bonds is 8. The number of carbonyl (C=O) groups excluding carboxylic acids is 1. The third-order valence-electron chi connectivity index (χ3n) is 7.15. The Hall–Kier alpha value is -3.31. The number of nitrogens with zero attached hydrogens (tertiary/aromatic N) is 1. The lowest BCUT2D eigenvalue weighted by atomic mass is 9.99. The van der Waals surface area contributed by atoms with Crippen molar-refractivity contribution < 1.29 is 19.7 Å². The molecule has 0 saturated heterocycles. The molecule has 0 saturated carbocycles. The van der Waals surface area contributed by atoms with Crippen LogP contribution in [0.5, 0.6) is 5.75 Å². The van der Waals surface area contributed by atoms with Crippen LogP contribution in [0.15, 0.2) is 42.6 Å². The summed E-state index contributed by atoms with van der Waals surface area (Å²) in [5, 5.41) is 24.0. The zero-order valence-electron chi connectivity index (χ0n) is 21.9. The van der Waals surface area contributed by atoms with E-state index in [-0.39, 0.29) is 18.6 Å². The van der Waals surface area contributed by atoms with E-state index in [1.54, 1.807) is 13.0 Å². The van der Waals surface area contributed by atoms with Gasteiger partial charge in [-0.15, -0.1) is 0 Å². The Bertz CT molecular complexity index is 1290. The van der Waals surface area contributed by atoms with Crippen LogP contribution in [0.2, 0.25) is 0 Å². The molecule has 2 heterocycles. The number of likely N-dealkylation sites (N-methyl/N-ethyl adjacent to an activating group) is 1. The van der Waals surface area contributed by atoms with Gasteiger partial charge in [0, 0.05) is 28.7 Å². The maximum Gasteiger partial charge on any atom is 0.255 e. The molecule has 4 rings (SSSR count). The van der Waals surface area contributed by atoms with Crippen LogP contribution >= 0.6 is 0 Å². The Morgan fingerprint density at radius 3 is 2.84 bits per heavy atom. The van der Waals surface area contributed by atoms with Crippen LogP contribution in [-0.2, 0) is 12.8 Å². The lowest BCUT2D eigenvalue weighted by molar-refractivity contribution is 0.0912. The van der Waals surface area contributed by atoms with Gasteiger partial charge in [-0.2, -0.15) is 0 Å². The monoisotopic (exact) mass is 503 g/mol. The second-order valence-corrected chi connectivity index (χ2v) is 9.93. The molecule has 1 aromatic heterocycles. The van der Waals surface area contributed by atoms with Crippen molar-refractivity contribution in [3.8, 4) is 17.6 Å². The smallest absolute Gasteiger partial charge is 0.255 e. The van der Waals surface area contributed by atoms with Crippen molar-refractivity contribution in [1.29, 1.82) is 0 Å². The second kappa shape index (κ2) is 12.3. The molecule has 2 aromatic carbocycles. The van der Waals surface area contributed by atoms with E-state index in [0.29, 0.717) is 30.9 Å². The van der Waals surface area contributed by atoms with Crippen LogP contribution in [0.4, 0.5) is 0 Å². The summed E-state index contributed by atoms with van der Waals surface area (Å²) in [6.45, 7) is 4.62. The number of aliphatic hydroxyl groups is 2. The van der Waals surface area contributed by atoms with Crippen LogP contribution in [0.1, 0.15) is 53.7 Å². The van der Waals surface area contributed by atoms with Gasteiger partial charge in [0.1, 0.15) is 5.75 Å². The topological polar surface area (TPSA) is 97.8 Å². The molecule has 37 heavy (non-hydrogen) atoms. The summed E-state index contributed by atoms with van der Waals surface area (Å²) in [6, 6.07) is 11.3. The van der Waals surface area contributed by atoms with Gasteiger partial charge in [0.05, 0.1) is 37.5 Å².